The third kappa shape index (κ3) is 5.12. The number of rotatable bonds is 8. The summed E-state index contributed by atoms with van der Waals surface area (Å²) < 4.78 is 7.57. The first kappa shape index (κ1) is 22.3. The Bertz CT molecular complexity index is 1020. The van der Waals surface area contributed by atoms with Crippen molar-refractivity contribution < 1.29 is 9.53 Å². The molecular formula is C24H29N5O2S. The Balaban J connectivity index is 1.57. The number of carbonyl (C=O) groups is 1. The van der Waals surface area contributed by atoms with E-state index in [-0.39, 0.29) is 5.91 Å². The van der Waals surface area contributed by atoms with E-state index in [9.17, 15) is 4.79 Å². The number of nitrogens with zero attached hydrogens (tertiary/aromatic N) is 5. The third-order valence-electron chi connectivity index (χ3n) is 5.82. The number of amides is 1. The molecule has 3 aromatic rings. The summed E-state index contributed by atoms with van der Waals surface area (Å²) in [6.07, 6.45) is 9.36. The van der Waals surface area contributed by atoms with Gasteiger partial charge >= 0.3 is 0 Å². The fourth-order valence-electron chi connectivity index (χ4n) is 4.04. The summed E-state index contributed by atoms with van der Waals surface area (Å²) in [4.78, 5) is 18.9. The molecule has 8 heteroatoms. The van der Waals surface area contributed by atoms with Crippen molar-refractivity contribution in [3.63, 3.8) is 0 Å². The van der Waals surface area contributed by atoms with E-state index in [0.29, 0.717) is 29.4 Å². The monoisotopic (exact) mass is 451 g/mol. The molecule has 1 aliphatic rings. The number of hydrogen-bond acceptors (Lipinski definition) is 6. The van der Waals surface area contributed by atoms with Crippen LogP contribution in [0.4, 0.5) is 0 Å². The van der Waals surface area contributed by atoms with Crippen LogP contribution in [0.25, 0.3) is 17.1 Å². The molecule has 1 aromatic carbocycles. The van der Waals surface area contributed by atoms with Gasteiger partial charge in [-0.1, -0.05) is 31.0 Å². The van der Waals surface area contributed by atoms with Crippen LogP contribution < -0.4 is 4.74 Å². The van der Waals surface area contributed by atoms with Crippen molar-refractivity contribution in [3.8, 4) is 22.8 Å². The molecule has 0 spiro atoms. The molecule has 7 nitrogen and oxygen atoms in total. The number of aromatic nitrogens is 4. The van der Waals surface area contributed by atoms with E-state index in [1.807, 2.05) is 59.8 Å². The Hall–Kier alpha value is -2.87. The standard InChI is InChI=1S/C24H29N5O2S/c1-3-31-21-11-9-20(10-12-21)29-23(18-13-15-25-16-14-18)26-27-24(29)32-17-22(30)28(2)19-7-5-4-6-8-19/h9-16,19H,3-8,17H2,1-2H3. The minimum absolute atomic E-state index is 0.133. The first-order valence-electron chi connectivity index (χ1n) is 11.1. The van der Waals surface area contributed by atoms with E-state index in [2.05, 4.69) is 15.2 Å². The van der Waals surface area contributed by atoms with Gasteiger partial charge < -0.3 is 9.64 Å². The second-order valence-corrected chi connectivity index (χ2v) is 8.83. The number of benzene rings is 1. The van der Waals surface area contributed by atoms with E-state index >= 15 is 0 Å². The SMILES string of the molecule is CCOc1ccc(-n2c(SCC(=O)N(C)C3CCCCC3)nnc2-c2ccncc2)cc1. The van der Waals surface area contributed by atoms with Crippen molar-refractivity contribution in [1.82, 2.24) is 24.6 Å². The van der Waals surface area contributed by atoms with E-state index in [0.717, 1.165) is 29.8 Å². The lowest BCUT2D eigenvalue weighted by atomic mass is 9.94. The highest BCUT2D eigenvalue weighted by Gasteiger charge is 2.23. The molecule has 0 saturated heterocycles. The van der Waals surface area contributed by atoms with Crippen LogP contribution in [-0.4, -0.2) is 56.0 Å². The molecule has 1 saturated carbocycles. The molecular weight excluding hydrogens is 422 g/mol. The van der Waals surface area contributed by atoms with Crippen LogP contribution in [0.5, 0.6) is 5.75 Å². The zero-order valence-corrected chi connectivity index (χ0v) is 19.4. The number of carbonyl (C=O) groups excluding carboxylic acids is 1. The highest BCUT2D eigenvalue weighted by atomic mass is 32.2. The van der Waals surface area contributed by atoms with Crippen LogP contribution in [0.1, 0.15) is 39.0 Å². The van der Waals surface area contributed by atoms with Gasteiger partial charge in [0.1, 0.15) is 5.75 Å². The molecule has 0 N–H and O–H groups in total. The Kier molecular flexibility index (Phi) is 7.42. The Morgan fingerprint density at radius 3 is 2.50 bits per heavy atom. The zero-order chi connectivity index (χ0) is 22.3. The molecule has 32 heavy (non-hydrogen) atoms. The molecule has 2 heterocycles. The summed E-state index contributed by atoms with van der Waals surface area (Å²) in [5.41, 5.74) is 1.83. The second-order valence-electron chi connectivity index (χ2n) is 7.89. The predicted molar refractivity (Wildman–Crippen MR) is 126 cm³/mol. The van der Waals surface area contributed by atoms with Gasteiger partial charge in [-0.15, -0.1) is 10.2 Å². The summed E-state index contributed by atoms with van der Waals surface area (Å²) in [5, 5.41) is 9.55. The number of ether oxygens (including phenoxy) is 1. The average Bonchev–Trinajstić information content (AvgIpc) is 3.28. The van der Waals surface area contributed by atoms with Gasteiger partial charge in [0.15, 0.2) is 11.0 Å². The van der Waals surface area contributed by atoms with Gasteiger partial charge in [-0.2, -0.15) is 0 Å². The molecule has 0 bridgehead atoms. The molecule has 2 aromatic heterocycles. The maximum atomic E-state index is 12.9. The molecule has 0 unspecified atom stereocenters. The molecule has 0 radical (unpaired) electrons. The summed E-state index contributed by atoms with van der Waals surface area (Å²) >= 11 is 1.42. The van der Waals surface area contributed by atoms with Crippen LogP contribution in [0.15, 0.2) is 53.9 Å². The van der Waals surface area contributed by atoms with Gasteiger partial charge in [0.25, 0.3) is 0 Å². The quantitative estimate of drug-likeness (QED) is 0.466. The van der Waals surface area contributed by atoms with Crippen molar-refractivity contribution in [2.24, 2.45) is 0 Å². The van der Waals surface area contributed by atoms with E-state index in [1.165, 1.54) is 31.0 Å². The molecule has 1 aliphatic carbocycles. The van der Waals surface area contributed by atoms with Gasteiger partial charge in [0.05, 0.1) is 12.4 Å². The van der Waals surface area contributed by atoms with Crippen LogP contribution in [0.3, 0.4) is 0 Å². The average molecular weight is 452 g/mol. The van der Waals surface area contributed by atoms with Crippen molar-refractivity contribution in [2.45, 2.75) is 50.2 Å². The van der Waals surface area contributed by atoms with Crippen LogP contribution >= 0.6 is 11.8 Å². The lowest BCUT2D eigenvalue weighted by Crippen LogP contribution is -2.39. The van der Waals surface area contributed by atoms with Crippen molar-refractivity contribution in [3.05, 3.63) is 48.8 Å². The van der Waals surface area contributed by atoms with Gasteiger partial charge in [-0.05, 0) is 56.2 Å². The fourth-order valence-corrected chi connectivity index (χ4v) is 4.92. The van der Waals surface area contributed by atoms with Crippen LogP contribution in [-0.2, 0) is 4.79 Å². The molecule has 4 rings (SSSR count). The minimum atomic E-state index is 0.133. The predicted octanol–water partition coefficient (Wildman–Crippen LogP) is 4.61. The number of hydrogen-bond donors (Lipinski definition) is 0. The van der Waals surface area contributed by atoms with E-state index < -0.39 is 0 Å². The largest absolute Gasteiger partial charge is 0.494 e. The van der Waals surface area contributed by atoms with Crippen molar-refractivity contribution in [1.29, 1.82) is 0 Å². The lowest BCUT2D eigenvalue weighted by molar-refractivity contribution is -0.129. The van der Waals surface area contributed by atoms with Gasteiger partial charge in [-0.3, -0.25) is 14.3 Å². The fraction of sp³-hybridized carbons (Fsp3) is 0.417. The molecule has 1 fully saturated rings. The number of pyridine rings is 1. The zero-order valence-electron chi connectivity index (χ0n) is 18.6. The summed E-state index contributed by atoms with van der Waals surface area (Å²) in [7, 11) is 1.93. The molecule has 0 aliphatic heterocycles. The Morgan fingerprint density at radius 1 is 1.09 bits per heavy atom. The highest BCUT2D eigenvalue weighted by Crippen LogP contribution is 2.29. The third-order valence-corrected chi connectivity index (χ3v) is 6.73. The number of thioether (sulfide) groups is 1. The Morgan fingerprint density at radius 2 is 1.81 bits per heavy atom. The first-order chi connectivity index (χ1) is 15.7. The maximum Gasteiger partial charge on any atom is 0.233 e. The second kappa shape index (κ2) is 10.6. The smallest absolute Gasteiger partial charge is 0.233 e. The minimum Gasteiger partial charge on any atom is -0.494 e. The molecule has 0 atom stereocenters. The topological polar surface area (TPSA) is 73.1 Å². The molecule has 1 amide bonds. The van der Waals surface area contributed by atoms with E-state index in [1.54, 1.807) is 12.4 Å². The molecule has 168 valence electrons. The maximum absolute atomic E-state index is 12.9. The summed E-state index contributed by atoms with van der Waals surface area (Å²) in [6, 6.07) is 12.0. The summed E-state index contributed by atoms with van der Waals surface area (Å²) in [6.45, 7) is 2.58. The summed E-state index contributed by atoms with van der Waals surface area (Å²) in [5.74, 6) is 1.99. The van der Waals surface area contributed by atoms with Gasteiger partial charge in [0, 0.05) is 36.7 Å². The van der Waals surface area contributed by atoms with Crippen molar-refractivity contribution in [2.75, 3.05) is 19.4 Å². The van der Waals surface area contributed by atoms with Gasteiger partial charge in [0.2, 0.25) is 5.91 Å². The normalized spacial score (nSPS) is 14.3. The van der Waals surface area contributed by atoms with Crippen LogP contribution in [0, 0.1) is 0 Å². The highest BCUT2D eigenvalue weighted by molar-refractivity contribution is 7.99. The van der Waals surface area contributed by atoms with Crippen LogP contribution in [0.2, 0.25) is 0 Å². The first-order valence-corrected chi connectivity index (χ1v) is 12.1. The van der Waals surface area contributed by atoms with E-state index in [4.69, 9.17) is 4.74 Å². The van der Waals surface area contributed by atoms with Gasteiger partial charge in [-0.25, -0.2) is 0 Å². The van der Waals surface area contributed by atoms with Crippen molar-refractivity contribution >= 4 is 17.7 Å². The lowest BCUT2D eigenvalue weighted by Gasteiger charge is -2.31. The Labute approximate surface area is 193 Å².